The van der Waals surface area contributed by atoms with Crippen molar-refractivity contribution < 1.29 is 4.74 Å². The maximum absolute atomic E-state index is 5.85. The standard InChI is InChI=1S/C26H16N2O/c1-29-22-14-17-10-11-27-25-19-12-15-6-2-3-7-16(15)13-21(19)28-20-9-5-4-8-18(20)24(22)26(28)23(17)25/h2-14H,1H3. The van der Waals surface area contributed by atoms with Gasteiger partial charge in [0.1, 0.15) is 5.75 Å². The highest BCUT2D eigenvalue weighted by atomic mass is 16.5. The molecule has 0 spiro atoms. The highest BCUT2D eigenvalue weighted by molar-refractivity contribution is 6.29. The van der Waals surface area contributed by atoms with Crippen molar-refractivity contribution in [3.8, 4) is 5.75 Å². The molecule has 0 unspecified atom stereocenters. The van der Waals surface area contributed by atoms with Crippen LogP contribution in [0.4, 0.5) is 0 Å². The molecule has 0 radical (unpaired) electrons. The van der Waals surface area contributed by atoms with Gasteiger partial charge in [0.15, 0.2) is 0 Å². The van der Waals surface area contributed by atoms with Crippen molar-refractivity contribution in [1.82, 2.24) is 9.38 Å². The Bertz CT molecular complexity index is 1740. The second kappa shape index (κ2) is 5.15. The van der Waals surface area contributed by atoms with Crippen LogP contribution in [0.2, 0.25) is 0 Å². The summed E-state index contributed by atoms with van der Waals surface area (Å²) in [6.45, 7) is 0. The normalized spacial score (nSPS) is 12.3. The first-order chi connectivity index (χ1) is 14.3. The number of ether oxygens (including phenoxy) is 1. The number of methoxy groups -OCH3 is 1. The van der Waals surface area contributed by atoms with Crippen LogP contribution >= 0.6 is 0 Å². The highest BCUT2D eigenvalue weighted by Crippen LogP contribution is 2.45. The predicted octanol–water partition coefficient (Wildman–Crippen LogP) is 6.55. The van der Waals surface area contributed by atoms with Crippen LogP contribution in [0.5, 0.6) is 5.75 Å². The van der Waals surface area contributed by atoms with E-state index in [9.17, 15) is 0 Å². The van der Waals surface area contributed by atoms with E-state index in [-0.39, 0.29) is 0 Å². The molecule has 29 heavy (non-hydrogen) atoms. The predicted molar refractivity (Wildman–Crippen MR) is 120 cm³/mol. The van der Waals surface area contributed by atoms with Crippen LogP contribution < -0.4 is 4.74 Å². The average Bonchev–Trinajstić information content (AvgIpc) is 3.13. The van der Waals surface area contributed by atoms with Gasteiger partial charge in [-0.1, -0.05) is 42.5 Å². The molecule has 3 aromatic heterocycles. The number of aromatic nitrogens is 2. The minimum atomic E-state index is 0.906. The van der Waals surface area contributed by atoms with E-state index in [0.717, 1.165) is 22.0 Å². The molecule has 0 saturated carbocycles. The van der Waals surface area contributed by atoms with Crippen molar-refractivity contribution in [1.29, 1.82) is 0 Å². The minimum Gasteiger partial charge on any atom is -0.496 e. The number of hydrogen-bond acceptors (Lipinski definition) is 2. The van der Waals surface area contributed by atoms with Crippen LogP contribution in [-0.2, 0) is 0 Å². The summed E-state index contributed by atoms with van der Waals surface area (Å²) in [6.07, 6.45) is 1.90. The zero-order chi connectivity index (χ0) is 19.1. The summed E-state index contributed by atoms with van der Waals surface area (Å²) in [5, 5.41) is 8.35. The SMILES string of the molecule is COc1cc2ccnc3c4cc5ccccc5cc4n4c5ccccc5c1c4c23. The maximum Gasteiger partial charge on any atom is 0.129 e. The Kier molecular flexibility index (Phi) is 2.68. The molecule has 0 aliphatic rings. The summed E-state index contributed by atoms with van der Waals surface area (Å²) in [4.78, 5) is 4.84. The van der Waals surface area contributed by atoms with Gasteiger partial charge >= 0.3 is 0 Å². The Morgan fingerprint density at radius 3 is 2.38 bits per heavy atom. The molecule has 7 rings (SSSR count). The first kappa shape index (κ1) is 15.1. The largest absolute Gasteiger partial charge is 0.496 e. The lowest BCUT2D eigenvalue weighted by Crippen LogP contribution is -1.95. The van der Waals surface area contributed by atoms with Crippen molar-refractivity contribution in [3.63, 3.8) is 0 Å². The molecule has 136 valence electrons. The quantitative estimate of drug-likeness (QED) is 0.241. The van der Waals surface area contributed by atoms with E-state index >= 15 is 0 Å². The maximum atomic E-state index is 5.85. The smallest absolute Gasteiger partial charge is 0.129 e. The lowest BCUT2D eigenvalue weighted by atomic mass is 10.00. The van der Waals surface area contributed by atoms with Gasteiger partial charge in [-0.05, 0) is 46.5 Å². The van der Waals surface area contributed by atoms with Crippen LogP contribution in [0.3, 0.4) is 0 Å². The van der Waals surface area contributed by atoms with E-state index < -0.39 is 0 Å². The van der Waals surface area contributed by atoms with Gasteiger partial charge in [0.05, 0.1) is 34.6 Å². The number of para-hydroxylation sites is 1. The molecule has 3 heteroatoms. The molecule has 4 aromatic carbocycles. The molecule has 3 nitrogen and oxygen atoms in total. The van der Waals surface area contributed by atoms with Crippen LogP contribution in [0, 0.1) is 0 Å². The molecule has 0 aliphatic heterocycles. The van der Waals surface area contributed by atoms with Crippen LogP contribution in [-0.4, -0.2) is 16.5 Å². The van der Waals surface area contributed by atoms with Gasteiger partial charge < -0.3 is 9.14 Å². The van der Waals surface area contributed by atoms with Crippen LogP contribution in [0.25, 0.3) is 59.8 Å². The summed E-state index contributed by atoms with van der Waals surface area (Å²) in [5.74, 6) is 0.906. The molecular formula is C26H16N2O. The van der Waals surface area contributed by atoms with Gasteiger partial charge in [-0.25, -0.2) is 0 Å². The third-order valence-electron chi connectivity index (χ3n) is 6.21. The van der Waals surface area contributed by atoms with E-state index in [1.807, 2.05) is 6.20 Å². The van der Waals surface area contributed by atoms with Gasteiger partial charge in [0, 0.05) is 22.4 Å². The van der Waals surface area contributed by atoms with Gasteiger partial charge in [-0.3, -0.25) is 4.98 Å². The number of pyridine rings is 2. The molecule has 3 heterocycles. The second-order valence-corrected chi connectivity index (χ2v) is 7.63. The summed E-state index contributed by atoms with van der Waals surface area (Å²) in [6, 6.07) is 25.9. The number of hydrogen-bond donors (Lipinski definition) is 0. The monoisotopic (exact) mass is 372 g/mol. The minimum absolute atomic E-state index is 0.906. The van der Waals surface area contributed by atoms with Crippen molar-refractivity contribution in [2.45, 2.75) is 0 Å². The molecule has 0 atom stereocenters. The fraction of sp³-hybridized carbons (Fsp3) is 0.0385. The van der Waals surface area contributed by atoms with Gasteiger partial charge in [-0.2, -0.15) is 0 Å². The molecule has 0 fully saturated rings. The van der Waals surface area contributed by atoms with E-state index in [2.05, 4.69) is 77.2 Å². The molecular weight excluding hydrogens is 356 g/mol. The molecule has 0 bridgehead atoms. The zero-order valence-corrected chi connectivity index (χ0v) is 15.8. The fourth-order valence-electron chi connectivity index (χ4n) is 5.00. The number of rotatable bonds is 1. The summed E-state index contributed by atoms with van der Waals surface area (Å²) in [7, 11) is 1.75. The Labute approximate surface area is 166 Å². The molecule has 0 saturated heterocycles. The Morgan fingerprint density at radius 2 is 1.52 bits per heavy atom. The molecule has 0 aliphatic carbocycles. The number of benzene rings is 4. The van der Waals surface area contributed by atoms with E-state index in [1.54, 1.807) is 7.11 Å². The van der Waals surface area contributed by atoms with Crippen molar-refractivity contribution in [2.24, 2.45) is 0 Å². The first-order valence-corrected chi connectivity index (χ1v) is 9.77. The van der Waals surface area contributed by atoms with Crippen LogP contribution in [0.1, 0.15) is 0 Å². The third-order valence-corrected chi connectivity index (χ3v) is 6.21. The second-order valence-electron chi connectivity index (χ2n) is 7.63. The Hall–Kier alpha value is -3.85. The van der Waals surface area contributed by atoms with Crippen molar-refractivity contribution in [2.75, 3.05) is 7.11 Å². The first-order valence-electron chi connectivity index (χ1n) is 9.77. The van der Waals surface area contributed by atoms with Gasteiger partial charge in [0.2, 0.25) is 0 Å². The van der Waals surface area contributed by atoms with E-state index in [1.165, 1.54) is 43.5 Å². The summed E-state index contributed by atoms with van der Waals surface area (Å²) >= 11 is 0. The Morgan fingerprint density at radius 1 is 0.724 bits per heavy atom. The summed E-state index contributed by atoms with van der Waals surface area (Å²) in [5.41, 5.74) is 4.60. The van der Waals surface area contributed by atoms with E-state index in [0.29, 0.717) is 0 Å². The van der Waals surface area contributed by atoms with Gasteiger partial charge in [-0.15, -0.1) is 0 Å². The number of fused-ring (bicyclic) bond motifs is 7. The lowest BCUT2D eigenvalue weighted by Gasteiger charge is -2.14. The van der Waals surface area contributed by atoms with E-state index in [4.69, 9.17) is 9.72 Å². The highest BCUT2D eigenvalue weighted by Gasteiger charge is 2.21. The third kappa shape index (κ3) is 1.76. The molecule has 0 N–H and O–H groups in total. The molecule has 7 aromatic rings. The summed E-state index contributed by atoms with van der Waals surface area (Å²) < 4.78 is 8.24. The molecule has 0 amide bonds. The topological polar surface area (TPSA) is 26.5 Å². The lowest BCUT2D eigenvalue weighted by molar-refractivity contribution is 0.420. The fourth-order valence-corrected chi connectivity index (χ4v) is 5.00. The average molecular weight is 372 g/mol. The van der Waals surface area contributed by atoms with Gasteiger partial charge in [0.25, 0.3) is 0 Å². The van der Waals surface area contributed by atoms with Crippen LogP contribution in [0.15, 0.2) is 79.0 Å². The zero-order valence-electron chi connectivity index (χ0n) is 15.8. The van der Waals surface area contributed by atoms with Crippen molar-refractivity contribution >= 4 is 59.8 Å². The van der Waals surface area contributed by atoms with Crippen molar-refractivity contribution in [3.05, 3.63) is 79.0 Å². The number of nitrogens with zero attached hydrogens (tertiary/aromatic N) is 2. The Balaban J connectivity index is 1.94.